The van der Waals surface area contributed by atoms with Gasteiger partial charge in [-0.15, -0.1) is 0 Å². The zero-order valence-electron chi connectivity index (χ0n) is 10.2. The van der Waals surface area contributed by atoms with Crippen LogP contribution >= 0.6 is 0 Å². The number of carbonyl (C=O) groups is 1. The largest absolute Gasteiger partial charge is 0.393 e. The minimum Gasteiger partial charge on any atom is -0.393 e. The van der Waals surface area contributed by atoms with Crippen LogP contribution in [0.3, 0.4) is 0 Å². The van der Waals surface area contributed by atoms with Gasteiger partial charge in [-0.3, -0.25) is 9.69 Å². The quantitative estimate of drug-likeness (QED) is 0.742. The highest BCUT2D eigenvalue weighted by Crippen LogP contribution is 2.29. The molecule has 0 amide bonds. The second kappa shape index (κ2) is 5.28. The second-order valence-electron chi connectivity index (χ2n) is 5.51. The van der Waals surface area contributed by atoms with E-state index in [-0.39, 0.29) is 12.1 Å². The molecule has 0 saturated heterocycles. The fraction of sp³-hybridized carbons (Fsp3) is 0.923. The van der Waals surface area contributed by atoms with Crippen LogP contribution in [0, 0.1) is 5.92 Å². The molecule has 0 heterocycles. The Labute approximate surface area is 97.8 Å². The van der Waals surface area contributed by atoms with Gasteiger partial charge in [0, 0.05) is 13.0 Å². The third-order valence-corrected chi connectivity index (χ3v) is 4.06. The van der Waals surface area contributed by atoms with Crippen molar-refractivity contribution >= 4 is 5.78 Å². The Kier molecular flexibility index (Phi) is 3.98. The lowest BCUT2D eigenvalue weighted by atomic mass is 9.82. The third-order valence-electron chi connectivity index (χ3n) is 4.06. The molecule has 2 aliphatic rings. The van der Waals surface area contributed by atoms with Gasteiger partial charge in [0.25, 0.3) is 0 Å². The molecular weight excluding hydrogens is 202 g/mol. The Morgan fingerprint density at radius 2 is 2.06 bits per heavy atom. The van der Waals surface area contributed by atoms with Crippen LogP contribution in [0.15, 0.2) is 0 Å². The first-order chi connectivity index (χ1) is 7.66. The van der Waals surface area contributed by atoms with E-state index in [0.29, 0.717) is 11.7 Å². The van der Waals surface area contributed by atoms with Crippen LogP contribution in [-0.4, -0.2) is 41.5 Å². The summed E-state index contributed by atoms with van der Waals surface area (Å²) >= 11 is 0. The van der Waals surface area contributed by atoms with Crippen molar-refractivity contribution in [2.75, 3.05) is 13.6 Å². The Morgan fingerprint density at radius 3 is 2.75 bits per heavy atom. The van der Waals surface area contributed by atoms with Crippen molar-refractivity contribution in [2.45, 2.75) is 57.1 Å². The number of Topliss-reactive ketones (excluding diaryl/α,β-unsaturated/α-hetero) is 1. The highest BCUT2D eigenvalue weighted by molar-refractivity contribution is 5.84. The Morgan fingerprint density at radius 1 is 1.31 bits per heavy atom. The number of hydrogen-bond donors (Lipinski definition) is 1. The van der Waals surface area contributed by atoms with Crippen molar-refractivity contribution in [3.63, 3.8) is 0 Å². The summed E-state index contributed by atoms with van der Waals surface area (Å²) in [7, 11) is 2.07. The molecule has 0 aromatic carbocycles. The summed E-state index contributed by atoms with van der Waals surface area (Å²) in [6, 6.07) is 0.153. The van der Waals surface area contributed by atoms with Crippen LogP contribution in [0.5, 0.6) is 0 Å². The van der Waals surface area contributed by atoms with Gasteiger partial charge in [0.1, 0.15) is 5.78 Å². The number of hydrogen-bond acceptors (Lipinski definition) is 3. The lowest BCUT2D eigenvalue weighted by Crippen LogP contribution is -2.44. The van der Waals surface area contributed by atoms with E-state index < -0.39 is 0 Å². The maximum atomic E-state index is 11.9. The van der Waals surface area contributed by atoms with Gasteiger partial charge < -0.3 is 5.11 Å². The topological polar surface area (TPSA) is 40.5 Å². The van der Waals surface area contributed by atoms with Gasteiger partial charge in [0.2, 0.25) is 0 Å². The normalized spacial score (nSPS) is 35.9. The number of aliphatic hydroxyl groups is 1. The molecule has 0 spiro atoms. The number of rotatable bonds is 3. The highest BCUT2D eigenvalue weighted by atomic mass is 16.3. The van der Waals surface area contributed by atoms with Crippen LogP contribution in [0.1, 0.15) is 44.9 Å². The molecule has 2 aliphatic carbocycles. The Hall–Kier alpha value is -0.410. The zero-order valence-corrected chi connectivity index (χ0v) is 10.2. The van der Waals surface area contributed by atoms with Gasteiger partial charge >= 0.3 is 0 Å². The first-order valence-electron chi connectivity index (χ1n) is 6.58. The minimum absolute atomic E-state index is 0.0803. The van der Waals surface area contributed by atoms with Gasteiger partial charge in [0.15, 0.2) is 0 Å². The summed E-state index contributed by atoms with van der Waals surface area (Å²) in [6.45, 7) is 0.980. The molecule has 1 unspecified atom stereocenters. The van der Waals surface area contributed by atoms with Crippen LogP contribution in [0.2, 0.25) is 0 Å². The summed E-state index contributed by atoms with van der Waals surface area (Å²) < 4.78 is 0. The van der Waals surface area contributed by atoms with Gasteiger partial charge in [-0.05, 0) is 38.6 Å². The van der Waals surface area contributed by atoms with Crippen molar-refractivity contribution in [1.29, 1.82) is 0 Å². The van der Waals surface area contributed by atoms with Crippen molar-refractivity contribution in [2.24, 2.45) is 5.92 Å². The lowest BCUT2D eigenvalue weighted by Gasteiger charge is -2.36. The number of ketones is 1. The number of carbonyl (C=O) groups excluding carboxylic acids is 1. The molecule has 0 radical (unpaired) electrons. The molecule has 3 nitrogen and oxygen atoms in total. The monoisotopic (exact) mass is 225 g/mol. The average molecular weight is 225 g/mol. The summed E-state index contributed by atoms with van der Waals surface area (Å²) in [5, 5.41) is 9.25. The van der Waals surface area contributed by atoms with Gasteiger partial charge in [-0.2, -0.15) is 0 Å². The standard InChI is InChI=1S/C13H23NO2/c1-14(9-10-7-11(15)8-10)12-5-3-2-4-6-13(12)16/h10-12,15H,2-9H2,1H3. The molecule has 2 saturated carbocycles. The second-order valence-corrected chi connectivity index (χ2v) is 5.51. The molecule has 0 aromatic heterocycles. The van der Waals surface area contributed by atoms with Crippen molar-refractivity contribution in [1.82, 2.24) is 4.90 Å². The van der Waals surface area contributed by atoms with Crippen LogP contribution in [0.4, 0.5) is 0 Å². The first kappa shape index (κ1) is 12.1. The van der Waals surface area contributed by atoms with Gasteiger partial charge in [-0.25, -0.2) is 0 Å². The predicted molar refractivity (Wildman–Crippen MR) is 63.2 cm³/mol. The molecule has 2 fully saturated rings. The van der Waals surface area contributed by atoms with E-state index >= 15 is 0 Å². The first-order valence-corrected chi connectivity index (χ1v) is 6.58. The van der Waals surface area contributed by atoms with E-state index in [9.17, 15) is 9.90 Å². The van der Waals surface area contributed by atoms with E-state index in [1.54, 1.807) is 0 Å². The highest BCUT2D eigenvalue weighted by Gasteiger charge is 2.31. The molecular formula is C13H23NO2. The summed E-state index contributed by atoms with van der Waals surface area (Å²) in [6.07, 6.45) is 7.03. The molecule has 16 heavy (non-hydrogen) atoms. The van der Waals surface area contributed by atoms with Crippen LogP contribution < -0.4 is 0 Å². The molecule has 92 valence electrons. The fourth-order valence-corrected chi connectivity index (χ4v) is 2.99. The molecule has 0 aliphatic heterocycles. The summed E-state index contributed by atoms with van der Waals surface area (Å²) in [5.41, 5.74) is 0. The van der Waals surface area contributed by atoms with E-state index in [1.165, 1.54) is 12.8 Å². The molecule has 1 N–H and O–H groups in total. The average Bonchev–Trinajstić information content (AvgIpc) is 2.40. The molecule has 0 aromatic rings. The number of aliphatic hydroxyl groups excluding tert-OH is 1. The van der Waals surface area contributed by atoms with E-state index in [2.05, 4.69) is 11.9 Å². The zero-order chi connectivity index (χ0) is 11.5. The van der Waals surface area contributed by atoms with Crippen molar-refractivity contribution in [3.8, 4) is 0 Å². The van der Waals surface area contributed by atoms with Gasteiger partial charge in [0.05, 0.1) is 12.1 Å². The predicted octanol–water partition coefficient (Wildman–Crippen LogP) is 1.59. The molecule has 0 bridgehead atoms. The summed E-state index contributed by atoms with van der Waals surface area (Å²) in [4.78, 5) is 14.1. The van der Waals surface area contributed by atoms with Crippen molar-refractivity contribution in [3.05, 3.63) is 0 Å². The van der Waals surface area contributed by atoms with Crippen molar-refractivity contribution < 1.29 is 9.90 Å². The van der Waals surface area contributed by atoms with Gasteiger partial charge in [-0.1, -0.05) is 12.8 Å². The SMILES string of the molecule is CN(CC1CC(O)C1)C1CCCCCC1=O. The molecule has 1 atom stereocenters. The smallest absolute Gasteiger partial charge is 0.149 e. The maximum absolute atomic E-state index is 11.9. The number of nitrogens with zero attached hydrogens (tertiary/aromatic N) is 1. The Bertz CT molecular complexity index is 248. The number of likely N-dealkylation sites (N-methyl/N-ethyl adjacent to an activating group) is 1. The summed E-state index contributed by atoms with van der Waals surface area (Å²) in [5.74, 6) is 1.04. The molecule has 3 heteroatoms. The van der Waals surface area contributed by atoms with E-state index in [1.807, 2.05) is 0 Å². The minimum atomic E-state index is -0.0803. The van der Waals surface area contributed by atoms with Crippen LogP contribution in [0.25, 0.3) is 0 Å². The lowest BCUT2D eigenvalue weighted by molar-refractivity contribution is -0.124. The fourth-order valence-electron chi connectivity index (χ4n) is 2.99. The Balaban J connectivity index is 1.82. The van der Waals surface area contributed by atoms with E-state index in [4.69, 9.17) is 0 Å². The van der Waals surface area contributed by atoms with Crippen LogP contribution in [-0.2, 0) is 4.79 Å². The molecule has 2 rings (SSSR count). The third kappa shape index (κ3) is 2.83. The maximum Gasteiger partial charge on any atom is 0.149 e. The van der Waals surface area contributed by atoms with E-state index in [0.717, 1.165) is 38.6 Å².